The van der Waals surface area contributed by atoms with Crippen LogP contribution in [0.5, 0.6) is 0 Å². The van der Waals surface area contributed by atoms with Crippen LogP contribution in [0, 0.1) is 5.82 Å². The smallest absolute Gasteiger partial charge is 0.258 e. The molecule has 1 aliphatic heterocycles. The molecule has 1 aromatic heterocycles. The lowest BCUT2D eigenvalue weighted by atomic mass is 10.0. The van der Waals surface area contributed by atoms with Crippen LogP contribution in [0.4, 0.5) is 15.9 Å². The van der Waals surface area contributed by atoms with E-state index in [2.05, 4.69) is 31.2 Å². The van der Waals surface area contributed by atoms with Gasteiger partial charge in [0.25, 0.3) is 11.8 Å². The molecule has 2 aromatic rings. The molecule has 0 atom stereocenters. The highest BCUT2D eigenvalue weighted by Crippen LogP contribution is 2.46. The van der Waals surface area contributed by atoms with Gasteiger partial charge in [0.15, 0.2) is 5.96 Å². The van der Waals surface area contributed by atoms with Gasteiger partial charge in [-0.2, -0.15) is 0 Å². The molecular formula is C24H26ClFN6O2. The predicted molar refractivity (Wildman–Crippen MR) is 128 cm³/mol. The number of halogens is 2. The molecule has 2 fully saturated rings. The molecule has 3 aliphatic rings. The first kappa shape index (κ1) is 22.6. The average Bonchev–Trinajstić information content (AvgIpc) is 3.75. The Morgan fingerprint density at radius 2 is 2.06 bits per heavy atom. The maximum absolute atomic E-state index is 15.3. The van der Waals surface area contributed by atoms with Crippen molar-refractivity contribution in [3.8, 4) is 0 Å². The summed E-state index contributed by atoms with van der Waals surface area (Å²) < 4.78 is 15.3. The molecule has 10 heteroatoms. The highest BCUT2D eigenvalue weighted by molar-refractivity contribution is 6.36. The molecule has 5 rings (SSSR count). The quantitative estimate of drug-likeness (QED) is 0.477. The zero-order valence-corrected chi connectivity index (χ0v) is 19.6. The number of nitrogens with one attached hydrogen (secondary N) is 4. The van der Waals surface area contributed by atoms with Gasteiger partial charge in [-0.1, -0.05) is 18.5 Å². The molecular weight excluding hydrogens is 459 g/mol. The van der Waals surface area contributed by atoms with Gasteiger partial charge in [0.05, 0.1) is 22.8 Å². The van der Waals surface area contributed by atoms with E-state index in [4.69, 9.17) is 11.6 Å². The number of pyridine rings is 1. The van der Waals surface area contributed by atoms with Crippen molar-refractivity contribution in [1.29, 1.82) is 0 Å². The third-order valence-electron chi connectivity index (χ3n) is 6.59. The number of carbonyl (C=O) groups excluding carboxylic acids is 2. The van der Waals surface area contributed by atoms with E-state index in [9.17, 15) is 9.59 Å². The van der Waals surface area contributed by atoms with Crippen LogP contribution in [0.1, 0.15) is 71.2 Å². The van der Waals surface area contributed by atoms with Crippen LogP contribution in [-0.2, 0) is 0 Å². The molecule has 0 unspecified atom stereocenters. The zero-order valence-electron chi connectivity index (χ0n) is 18.8. The molecule has 1 aromatic carbocycles. The number of anilines is 2. The molecule has 178 valence electrons. The Morgan fingerprint density at radius 1 is 1.26 bits per heavy atom. The zero-order chi connectivity index (χ0) is 23.9. The number of guanidine groups is 1. The van der Waals surface area contributed by atoms with Crippen LogP contribution in [0.25, 0.3) is 0 Å². The number of hydrogen-bond acceptors (Lipinski definition) is 6. The lowest BCUT2D eigenvalue weighted by molar-refractivity contribution is 0.0929. The van der Waals surface area contributed by atoms with Crippen molar-refractivity contribution in [3.05, 3.63) is 51.9 Å². The van der Waals surface area contributed by atoms with Crippen molar-refractivity contribution in [2.75, 3.05) is 18.4 Å². The fourth-order valence-corrected chi connectivity index (χ4v) is 4.36. The van der Waals surface area contributed by atoms with Gasteiger partial charge in [-0.3, -0.25) is 19.9 Å². The Morgan fingerprint density at radius 3 is 2.71 bits per heavy atom. The van der Waals surface area contributed by atoms with Crippen LogP contribution in [0.15, 0.2) is 29.4 Å². The maximum atomic E-state index is 15.3. The van der Waals surface area contributed by atoms with Gasteiger partial charge in [-0.15, -0.1) is 0 Å². The van der Waals surface area contributed by atoms with Crippen LogP contribution < -0.4 is 21.3 Å². The Balaban J connectivity index is 1.41. The van der Waals surface area contributed by atoms with Gasteiger partial charge in [-0.25, -0.2) is 9.37 Å². The molecule has 0 bridgehead atoms. The van der Waals surface area contributed by atoms with E-state index >= 15 is 4.39 Å². The number of rotatable bonds is 7. The molecule has 0 saturated heterocycles. The standard InChI is InChI=1S/C24H26ClFN6O2/c1-2-24(6-7-24)32-22(34)15-5-8-27-20(18(15)25)30-19-16(13-3-4-13)11-14(12-17(19)26)21(33)31-23-28-9-10-29-23/h5,8,11-13H,2-4,6-7,9-10H2,1H3,(H,27,30)(H,32,34)(H2,28,29,31,33). The molecule has 0 spiro atoms. The van der Waals surface area contributed by atoms with E-state index in [0.717, 1.165) is 32.1 Å². The molecule has 0 radical (unpaired) electrons. The molecule has 2 saturated carbocycles. The number of aromatic nitrogens is 1. The summed E-state index contributed by atoms with van der Waals surface area (Å²) in [5.74, 6) is -0.572. The summed E-state index contributed by atoms with van der Waals surface area (Å²) in [7, 11) is 0. The topological polar surface area (TPSA) is 108 Å². The normalized spacial score (nSPS) is 18.0. The average molecular weight is 485 g/mol. The minimum absolute atomic E-state index is 0.125. The summed E-state index contributed by atoms with van der Waals surface area (Å²) in [5.41, 5.74) is 1.24. The molecule has 2 aliphatic carbocycles. The first-order valence-electron chi connectivity index (χ1n) is 11.6. The minimum Gasteiger partial charge on any atom is -0.354 e. The molecule has 8 nitrogen and oxygen atoms in total. The monoisotopic (exact) mass is 484 g/mol. The van der Waals surface area contributed by atoms with E-state index < -0.39 is 11.7 Å². The van der Waals surface area contributed by atoms with Gasteiger partial charge in [0, 0.05) is 23.8 Å². The van der Waals surface area contributed by atoms with E-state index in [1.807, 2.05) is 6.92 Å². The van der Waals surface area contributed by atoms with Crippen molar-refractivity contribution in [3.63, 3.8) is 0 Å². The second-order valence-electron chi connectivity index (χ2n) is 9.04. The van der Waals surface area contributed by atoms with E-state index in [-0.39, 0.29) is 45.0 Å². The number of nitrogens with zero attached hydrogens (tertiary/aromatic N) is 2. The molecule has 2 amide bonds. The van der Waals surface area contributed by atoms with Gasteiger partial charge in [0.1, 0.15) is 11.6 Å². The lowest BCUT2D eigenvalue weighted by Crippen LogP contribution is -2.38. The van der Waals surface area contributed by atoms with Crippen molar-refractivity contribution in [2.24, 2.45) is 4.99 Å². The first-order chi connectivity index (χ1) is 16.4. The Bertz CT molecular complexity index is 1190. The maximum Gasteiger partial charge on any atom is 0.258 e. The second kappa shape index (κ2) is 8.87. The van der Waals surface area contributed by atoms with Crippen molar-refractivity contribution < 1.29 is 14.0 Å². The van der Waals surface area contributed by atoms with Gasteiger partial charge >= 0.3 is 0 Å². The van der Waals surface area contributed by atoms with Crippen LogP contribution in [-0.4, -0.2) is 41.4 Å². The summed E-state index contributed by atoms with van der Waals surface area (Å²) in [6.07, 6.45) is 6.02. The highest BCUT2D eigenvalue weighted by atomic mass is 35.5. The van der Waals surface area contributed by atoms with Gasteiger partial charge in [0.2, 0.25) is 0 Å². The van der Waals surface area contributed by atoms with Crippen molar-refractivity contribution in [2.45, 2.75) is 50.5 Å². The summed E-state index contributed by atoms with van der Waals surface area (Å²) in [6.45, 7) is 3.28. The van der Waals surface area contributed by atoms with Crippen molar-refractivity contribution in [1.82, 2.24) is 20.9 Å². The van der Waals surface area contributed by atoms with Gasteiger partial charge < -0.3 is 16.0 Å². The van der Waals surface area contributed by atoms with Crippen LogP contribution in [0.2, 0.25) is 5.02 Å². The van der Waals surface area contributed by atoms with E-state index in [1.54, 1.807) is 12.1 Å². The Kier molecular flexibility index (Phi) is 5.89. The number of carbonyl (C=O) groups is 2. The van der Waals surface area contributed by atoms with Crippen LogP contribution >= 0.6 is 11.6 Å². The summed E-state index contributed by atoms with van der Waals surface area (Å²) >= 11 is 6.53. The lowest BCUT2D eigenvalue weighted by Gasteiger charge is -2.18. The van der Waals surface area contributed by atoms with Gasteiger partial charge in [-0.05, 0) is 61.8 Å². The molecule has 2 heterocycles. The fourth-order valence-electron chi connectivity index (χ4n) is 4.12. The predicted octanol–water partition coefficient (Wildman–Crippen LogP) is 3.86. The summed E-state index contributed by atoms with van der Waals surface area (Å²) in [4.78, 5) is 33.8. The first-order valence-corrected chi connectivity index (χ1v) is 11.9. The van der Waals surface area contributed by atoms with Crippen molar-refractivity contribution >= 4 is 40.9 Å². The minimum atomic E-state index is -0.591. The van der Waals surface area contributed by atoms with E-state index in [1.165, 1.54) is 12.3 Å². The fraction of sp³-hybridized carbons (Fsp3) is 0.417. The van der Waals surface area contributed by atoms with Crippen LogP contribution in [0.3, 0.4) is 0 Å². The summed E-state index contributed by atoms with van der Waals surface area (Å²) in [5, 5.41) is 11.8. The molecule has 4 N–H and O–H groups in total. The second-order valence-corrected chi connectivity index (χ2v) is 9.42. The number of hydrogen-bond donors (Lipinski definition) is 4. The third-order valence-corrected chi connectivity index (χ3v) is 6.98. The number of aliphatic imine (C=N–C) groups is 1. The largest absolute Gasteiger partial charge is 0.354 e. The number of amides is 2. The summed E-state index contributed by atoms with van der Waals surface area (Å²) in [6, 6.07) is 4.43. The number of benzene rings is 1. The Labute approximate surface area is 201 Å². The third kappa shape index (κ3) is 4.57. The Hall–Kier alpha value is -3.20. The SMILES string of the molecule is CCC1(NC(=O)c2ccnc(Nc3c(F)cc(C(=O)NC4=NCCN4)cc3C3CC3)c2Cl)CC1. The highest BCUT2D eigenvalue weighted by Gasteiger charge is 2.42. The molecule has 34 heavy (non-hydrogen) atoms. The van der Waals surface area contributed by atoms with E-state index in [0.29, 0.717) is 24.6 Å².